The van der Waals surface area contributed by atoms with Crippen molar-refractivity contribution in [2.24, 2.45) is 0 Å². The fraction of sp³-hybridized carbons (Fsp3) is 0.100. The van der Waals surface area contributed by atoms with Crippen LogP contribution in [0.5, 0.6) is 0 Å². The maximum absolute atomic E-state index is 3.53. The quantitative estimate of drug-likeness (QED) is 0.349. The lowest BCUT2D eigenvalue weighted by Gasteiger charge is -2.33. The van der Waals surface area contributed by atoms with E-state index in [2.05, 4.69) is 95.3 Å². The molecule has 0 fully saturated rings. The summed E-state index contributed by atoms with van der Waals surface area (Å²) < 4.78 is 1.10. The van der Waals surface area contributed by atoms with Crippen molar-refractivity contribution in [2.75, 3.05) is 4.90 Å². The first-order valence-electron chi connectivity index (χ1n) is 7.57. The molecule has 3 heteroatoms. The van der Waals surface area contributed by atoms with Gasteiger partial charge in [0.05, 0.1) is 11.4 Å². The predicted molar refractivity (Wildman–Crippen MR) is 102 cm³/mol. The first-order chi connectivity index (χ1) is 11.1. The Labute approximate surface area is 149 Å². The van der Waals surface area contributed by atoms with Crippen LogP contribution >= 0.6 is 27.7 Å². The first-order valence-corrected chi connectivity index (χ1v) is 9.17. The molecule has 0 aliphatic carbocycles. The monoisotopic (exact) mass is 381 g/mol. The largest absolute Gasteiger partial charge is 0.308 e. The molecule has 0 bridgehead atoms. The van der Waals surface area contributed by atoms with E-state index in [1.165, 1.54) is 38.0 Å². The highest BCUT2D eigenvalue weighted by molar-refractivity contribution is 9.10. The number of fused-ring (bicyclic) bond motifs is 2. The van der Waals surface area contributed by atoms with Gasteiger partial charge in [0.25, 0.3) is 0 Å². The Balaban J connectivity index is 1.95. The first kappa shape index (κ1) is 14.9. The number of anilines is 3. The van der Waals surface area contributed by atoms with E-state index >= 15 is 0 Å². The van der Waals surface area contributed by atoms with E-state index in [1.54, 1.807) is 0 Å². The van der Waals surface area contributed by atoms with Gasteiger partial charge in [0, 0.05) is 20.0 Å². The molecule has 23 heavy (non-hydrogen) atoms. The molecular weight excluding hydrogens is 366 g/mol. The minimum atomic E-state index is 1.10. The van der Waals surface area contributed by atoms with Gasteiger partial charge in [0.1, 0.15) is 0 Å². The second-order valence-electron chi connectivity index (χ2n) is 5.86. The standard InChI is InChI=1S/C20H16BrNS/c1-13-3-9-17-19(11-13)23-20-12-14(2)4-10-18(20)22(17)16-7-5-15(21)6-8-16/h3-12H,1-2H3. The predicted octanol–water partition coefficient (Wildman–Crippen LogP) is 7.00. The van der Waals surface area contributed by atoms with Gasteiger partial charge in [0.15, 0.2) is 0 Å². The maximum Gasteiger partial charge on any atom is 0.0601 e. The van der Waals surface area contributed by atoms with Crippen LogP contribution in [0.3, 0.4) is 0 Å². The molecule has 0 unspecified atom stereocenters. The van der Waals surface area contributed by atoms with Crippen LogP contribution in [0.25, 0.3) is 0 Å². The van der Waals surface area contributed by atoms with Crippen LogP contribution < -0.4 is 4.90 Å². The number of hydrogen-bond donors (Lipinski definition) is 0. The second kappa shape index (κ2) is 5.73. The van der Waals surface area contributed by atoms with Crippen molar-refractivity contribution < 1.29 is 0 Å². The second-order valence-corrected chi connectivity index (χ2v) is 7.86. The molecule has 4 rings (SSSR count). The van der Waals surface area contributed by atoms with Gasteiger partial charge in [0.2, 0.25) is 0 Å². The minimum Gasteiger partial charge on any atom is -0.308 e. The number of rotatable bonds is 1. The molecule has 3 aromatic carbocycles. The molecule has 0 saturated heterocycles. The molecule has 0 atom stereocenters. The molecule has 0 spiro atoms. The average Bonchev–Trinajstić information content (AvgIpc) is 2.53. The Hall–Kier alpha value is -1.71. The third-order valence-electron chi connectivity index (χ3n) is 4.02. The molecule has 0 radical (unpaired) electrons. The Kier molecular flexibility index (Phi) is 3.70. The van der Waals surface area contributed by atoms with Gasteiger partial charge in [-0.15, -0.1) is 0 Å². The van der Waals surface area contributed by atoms with Crippen molar-refractivity contribution >= 4 is 44.8 Å². The SMILES string of the molecule is Cc1ccc2c(c1)Sc1cc(C)ccc1N2c1ccc(Br)cc1. The maximum atomic E-state index is 3.53. The van der Waals surface area contributed by atoms with Gasteiger partial charge in [-0.2, -0.15) is 0 Å². The third-order valence-corrected chi connectivity index (χ3v) is 5.64. The lowest BCUT2D eigenvalue weighted by molar-refractivity contribution is 1.15. The topological polar surface area (TPSA) is 3.24 Å². The van der Waals surface area contributed by atoms with Crippen LogP contribution in [0.15, 0.2) is 74.9 Å². The van der Waals surface area contributed by atoms with Crippen molar-refractivity contribution in [3.63, 3.8) is 0 Å². The molecular formula is C20H16BrNS. The molecule has 0 saturated carbocycles. The van der Waals surface area contributed by atoms with Gasteiger partial charge in [-0.1, -0.05) is 39.8 Å². The van der Waals surface area contributed by atoms with Crippen molar-refractivity contribution in [3.05, 3.63) is 76.3 Å². The fourth-order valence-corrected chi connectivity index (χ4v) is 4.41. The summed E-state index contributed by atoms with van der Waals surface area (Å²) in [4.78, 5) is 4.98. The summed E-state index contributed by atoms with van der Waals surface area (Å²) in [5, 5.41) is 0. The van der Waals surface area contributed by atoms with Crippen molar-refractivity contribution in [1.29, 1.82) is 0 Å². The minimum absolute atomic E-state index is 1.10. The zero-order valence-corrected chi connectivity index (χ0v) is 15.4. The Morgan fingerprint density at radius 2 is 1.26 bits per heavy atom. The van der Waals surface area contributed by atoms with Gasteiger partial charge in [-0.3, -0.25) is 0 Å². The smallest absolute Gasteiger partial charge is 0.0601 e. The Morgan fingerprint density at radius 1 is 0.739 bits per heavy atom. The van der Waals surface area contributed by atoms with E-state index < -0.39 is 0 Å². The van der Waals surface area contributed by atoms with Crippen molar-refractivity contribution in [2.45, 2.75) is 23.6 Å². The van der Waals surface area contributed by atoms with Crippen LogP contribution in [0.2, 0.25) is 0 Å². The highest BCUT2D eigenvalue weighted by Crippen LogP contribution is 2.51. The number of halogens is 1. The van der Waals surface area contributed by atoms with Crippen LogP contribution in [0, 0.1) is 13.8 Å². The van der Waals surface area contributed by atoms with Crippen molar-refractivity contribution in [1.82, 2.24) is 0 Å². The number of benzene rings is 3. The highest BCUT2D eigenvalue weighted by Gasteiger charge is 2.24. The van der Waals surface area contributed by atoms with E-state index in [0.29, 0.717) is 0 Å². The van der Waals surface area contributed by atoms with Gasteiger partial charge >= 0.3 is 0 Å². The molecule has 1 aliphatic heterocycles. The third kappa shape index (κ3) is 2.68. The summed E-state index contributed by atoms with van der Waals surface area (Å²) in [6.07, 6.45) is 0. The summed E-state index contributed by atoms with van der Waals surface area (Å²) in [6.45, 7) is 4.30. The fourth-order valence-electron chi connectivity index (χ4n) is 2.89. The van der Waals surface area contributed by atoms with Crippen LogP contribution in [0.4, 0.5) is 17.1 Å². The zero-order valence-electron chi connectivity index (χ0n) is 13.0. The number of hydrogen-bond acceptors (Lipinski definition) is 2. The number of nitrogens with zero attached hydrogens (tertiary/aromatic N) is 1. The molecule has 0 aromatic heterocycles. The molecule has 0 N–H and O–H groups in total. The Bertz CT molecular complexity index is 835. The van der Waals surface area contributed by atoms with E-state index in [0.717, 1.165) is 4.47 Å². The normalized spacial score (nSPS) is 12.7. The van der Waals surface area contributed by atoms with Crippen molar-refractivity contribution in [3.8, 4) is 0 Å². The summed E-state index contributed by atoms with van der Waals surface area (Å²) in [6, 6.07) is 21.9. The summed E-state index contributed by atoms with van der Waals surface area (Å²) in [5.41, 5.74) is 6.27. The molecule has 114 valence electrons. The zero-order chi connectivity index (χ0) is 16.0. The van der Waals surface area contributed by atoms with E-state index in [-0.39, 0.29) is 0 Å². The van der Waals surface area contributed by atoms with E-state index in [4.69, 9.17) is 0 Å². The summed E-state index contributed by atoms with van der Waals surface area (Å²) >= 11 is 5.39. The lowest BCUT2D eigenvalue weighted by Crippen LogP contribution is -2.14. The van der Waals surface area contributed by atoms with E-state index in [9.17, 15) is 0 Å². The molecule has 1 nitrogen and oxygen atoms in total. The molecule has 3 aromatic rings. The summed E-state index contributed by atoms with van der Waals surface area (Å²) in [5.74, 6) is 0. The highest BCUT2D eigenvalue weighted by atomic mass is 79.9. The van der Waals surface area contributed by atoms with E-state index in [1.807, 2.05) is 11.8 Å². The van der Waals surface area contributed by atoms with Gasteiger partial charge in [-0.05, 0) is 73.5 Å². The van der Waals surface area contributed by atoms with Crippen LogP contribution in [0.1, 0.15) is 11.1 Å². The van der Waals surface area contributed by atoms with Crippen LogP contribution in [-0.2, 0) is 0 Å². The van der Waals surface area contributed by atoms with Gasteiger partial charge in [-0.25, -0.2) is 0 Å². The molecule has 1 aliphatic rings. The lowest BCUT2D eigenvalue weighted by atomic mass is 10.1. The summed E-state index contributed by atoms with van der Waals surface area (Å²) in [7, 11) is 0. The van der Waals surface area contributed by atoms with Crippen LogP contribution in [-0.4, -0.2) is 0 Å². The molecule has 1 heterocycles. The molecule has 0 amide bonds. The number of aryl methyl sites for hydroxylation is 2. The van der Waals surface area contributed by atoms with Gasteiger partial charge < -0.3 is 4.90 Å². The Morgan fingerprint density at radius 3 is 1.78 bits per heavy atom. The average molecular weight is 382 g/mol.